The smallest absolute Gasteiger partial charge is 0.209 e. The lowest BCUT2D eigenvalue weighted by molar-refractivity contribution is 0.282. The molecule has 0 saturated carbocycles. The van der Waals surface area contributed by atoms with Gasteiger partial charge in [0.2, 0.25) is 10.0 Å². The number of hydrogen-bond acceptors (Lipinski definition) is 4. The quantitative estimate of drug-likeness (QED) is 0.502. The summed E-state index contributed by atoms with van der Waals surface area (Å²) in [7, 11) is -3.15. The van der Waals surface area contributed by atoms with Crippen molar-refractivity contribution in [1.82, 2.24) is 10.0 Å². The van der Waals surface area contributed by atoms with E-state index in [0.29, 0.717) is 6.54 Å². The van der Waals surface area contributed by atoms with Crippen LogP contribution in [0.5, 0.6) is 0 Å². The molecule has 3 N–H and O–H groups in total. The molecule has 0 saturated heterocycles. The normalized spacial score (nSPS) is 12.9. The van der Waals surface area contributed by atoms with E-state index in [0.717, 1.165) is 32.2 Å². The number of aliphatic hydroxyl groups is 1. The zero-order valence-electron chi connectivity index (χ0n) is 11.1. The first-order chi connectivity index (χ1) is 7.77. The highest BCUT2D eigenvalue weighted by molar-refractivity contribution is 7.88. The van der Waals surface area contributed by atoms with Crippen LogP contribution in [-0.4, -0.2) is 45.0 Å². The Balaban J connectivity index is 3.59. The zero-order chi connectivity index (χ0) is 13.4. The van der Waals surface area contributed by atoms with Gasteiger partial charge < -0.3 is 10.4 Å². The van der Waals surface area contributed by atoms with Crippen LogP contribution in [0.3, 0.4) is 0 Å². The summed E-state index contributed by atoms with van der Waals surface area (Å²) in [6.07, 6.45) is 5.22. The van der Waals surface area contributed by atoms with Crippen LogP contribution in [0.2, 0.25) is 0 Å². The van der Waals surface area contributed by atoms with Crippen molar-refractivity contribution in [3.63, 3.8) is 0 Å². The minimum Gasteiger partial charge on any atom is -0.396 e. The minimum absolute atomic E-state index is 0.263. The summed E-state index contributed by atoms with van der Waals surface area (Å²) in [5, 5.41) is 11.8. The van der Waals surface area contributed by atoms with Crippen molar-refractivity contribution >= 4 is 10.0 Å². The highest BCUT2D eigenvalue weighted by Gasteiger charge is 2.21. The van der Waals surface area contributed by atoms with Crippen LogP contribution in [0.4, 0.5) is 0 Å². The largest absolute Gasteiger partial charge is 0.396 e. The monoisotopic (exact) mass is 266 g/mol. The van der Waals surface area contributed by atoms with Crippen molar-refractivity contribution in [1.29, 1.82) is 0 Å². The lowest BCUT2D eigenvalue weighted by Gasteiger charge is -2.25. The van der Waals surface area contributed by atoms with E-state index in [2.05, 4.69) is 10.0 Å². The van der Waals surface area contributed by atoms with Gasteiger partial charge in [-0.25, -0.2) is 13.1 Å². The van der Waals surface area contributed by atoms with E-state index in [4.69, 9.17) is 5.11 Å². The van der Waals surface area contributed by atoms with Gasteiger partial charge in [-0.1, -0.05) is 12.8 Å². The SMILES string of the molecule is CC(C)(CNCCCCCCO)NS(C)(=O)=O. The van der Waals surface area contributed by atoms with E-state index in [9.17, 15) is 8.42 Å². The molecule has 0 bridgehead atoms. The molecule has 0 aliphatic carbocycles. The van der Waals surface area contributed by atoms with Gasteiger partial charge >= 0.3 is 0 Å². The van der Waals surface area contributed by atoms with Gasteiger partial charge in [0, 0.05) is 18.7 Å². The fourth-order valence-electron chi connectivity index (χ4n) is 1.65. The highest BCUT2D eigenvalue weighted by atomic mass is 32.2. The molecule has 0 rings (SSSR count). The highest BCUT2D eigenvalue weighted by Crippen LogP contribution is 2.02. The molecule has 0 spiro atoms. The summed E-state index contributed by atoms with van der Waals surface area (Å²) in [6, 6.07) is 0. The maximum Gasteiger partial charge on any atom is 0.209 e. The van der Waals surface area contributed by atoms with Gasteiger partial charge in [-0.15, -0.1) is 0 Å². The van der Waals surface area contributed by atoms with Crippen molar-refractivity contribution in [2.45, 2.75) is 45.1 Å². The van der Waals surface area contributed by atoms with Crippen molar-refractivity contribution in [2.75, 3.05) is 26.0 Å². The second-order valence-corrected chi connectivity index (χ2v) is 6.82. The Morgan fingerprint density at radius 1 is 1.12 bits per heavy atom. The number of unbranched alkanes of at least 4 members (excludes halogenated alkanes) is 3. The molecule has 6 heteroatoms. The molecule has 0 aromatic heterocycles. The molecule has 0 aliphatic rings. The Hall–Kier alpha value is -0.170. The first-order valence-corrected chi connectivity index (χ1v) is 7.96. The molecule has 17 heavy (non-hydrogen) atoms. The van der Waals surface area contributed by atoms with Gasteiger partial charge in [0.1, 0.15) is 0 Å². The lowest BCUT2D eigenvalue weighted by Crippen LogP contribution is -2.50. The summed E-state index contributed by atoms with van der Waals surface area (Å²) in [5.41, 5.74) is -0.460. The van der Waals surface area contributed by atoms with Crippen LogP contribution in [-0.2, 0) is 10.0 Å². The second-order valence-electron chi connectivity index (χ2n) is 5.07. The molecule has 0 aromatic rings. The Morgan fingerprint density at radius 3 is 2.24 bits per heavy atom. The van der Waals surface area contributed by atoms with E-state index >= 15 is 0 Å². The molecule has 0 fully saturated rings. The average molecular weight is 266 g/mol. The van der Waals surface area contributed by atoms with E-state index < -0.39 is 15.6 Å². The maximum absolute atomic E-state index is 11.1. The maximum atomic E-state index is 11.1. The lowest BCUT2D eigenvalue weighted by atomic mass is 10.1. The van der Waals surface area contributed by atoms with Gasteiger partial charge in [-0.05, 0) is 33.2 Å². The van der Waals surface area contributed by atoms with E-state index in [1.54, 1.807) is 0 Å². The molecular formula is C11H26N2O3S. The van der Waals surface area contributed by atoms with Gasteiger partial charge in [-0.2, -0.15) is 0 Å². The summed E-state index contributed by atoms with van der Waals surface area (Å²) < 4.78 is 24.8. The van der Waals surface area contributed by atoms with Gasteiger partial charge in [0.15, 0.2) is 0 Å². The van der Waals surface area contributed by atoms with Crippen molar-refractivity contribution < 1.29 is 13.5 Å². The van der Waals surface area contributed by atoms with Crippen molar-refractivity contribution in [2.24, 2.45) is 0 Å². The number of hydrogen-bond donors (Lipinski definition) is 3. The van der Waals surface area contributed by atoms with Crippen LogP contribution in [0.25, 0.3) is 0 Å². The van der Waals surface area contributed by atoms with Crippen LogP contribution >= 0.6 is 0 Å². The molecule has 0 heterocycles. The Labute approximate surface area is 105 Å². The predicted octanol–water partition coefficient (Wildman–Crippen LogP) is 0.457. The van der Waals surface area contributed by atoms with E-state index in [1.165, 1.54) is 6.26 Å². The van der Waals surface area contributed by atoms with Crippen molar-refractivity contribution in [3.05, 3.63) is 0 Å². The summed E-state index contributed by atoms with van der Waals surface area (Å²) in [5.74, 6) is 0. The summed E-state index contributed by atoms with van der Waals surface area (Å²) >= 11 is 0. The summed E-state index contributed by atoms with van der Waals surface area (Å²) in [4.78, 5) is 0. The fraction of sp³-hybridized carbons (Fsp3) is 1.00. The summed E-state index contributed by atoms with van der Waals surface area (Å²) in [6.45, 7) is 5.46. The average Bonchev–Trinajstić information content (AvgIpc) is 2.12. The zero-order valence-corrected chi connectivity index (χ0v) is 11.9. The predicted molar refractivity (Wildman–Crippen MR) is 70.5 cm³/mol. The van der Waals surface area contributed by atoms with E-state index in [-0.39, 0.29) is 6.61 Å². The topological polar surface area (TPSA) is 78.4 Å². The van der Waals surface area contributed by atoms with Gasteiger partial charge in [-0.3, -0.25) is 0 Å². The van der Waals surface area contributed by atoms with Crippen LogP contribution in [0.15, 0.2) is 0 Å². The molecule has 0 aromatic carbocycles. The first kappa shape index (κ1) is 16.8. The molecule has 0 aliphatic heterocycles. The molecule has 0 unspecified atom stereocenters. The Morgan fingerprint density at radius 2 is 1.71 bits per heavy atom. The third kappa shape index (κ3) is 12.1. The van der Waals surface area contributed by atoms with E-state index in [1.807, 2.05) is 13.8 Å². The number of rotatable bonds is 10. The standard InChI is InChI=1S/C11H26N2O3S/c1-11(2,13-17(3,15)16)10-12-8-6-4-5-7-9-14/h12-14H,4-10H2,1-3H3. The second kappa shape index (κ2) is 8.02. The van der Waals surface area contributed by atoms with Crippen molar-refractivity contribution in [3.8, 4) is 0 Å². The molecule has 5 nitrogen and oxygen atoms in total. The molecule has 0 amide bonds. The number of nitrogens with one attached hydrogen (secondary N) is 2. The van der Waals surface area contributed by atoms with Crippen LogP contribution in [0.1, 0.15) is 39.5 Å². The number of sulfonamides is 1. The Kier molecular flexibility index (Phi) is 7.94. The van der Waals surface area contributed by atoms with Crippen LogP contribution < -0.4 is 10.0 Å². The minimum atomic E-state index is -3.15. The van der Waals surface area contributed by atoms with Gasteiger partial charge in [0.25, 0.3) is 0 Å². The van der Waals surface area contributed by atoms with Crippen LogP contribution in [0, 0.1) is 0 Å². The van der Waals surface area contributed by atoms with Gasteiger partial charge in [0.05, 0.1) is 6.26 Å². The molecular weight excluding hydrogens is 240 g/mol. The molecule has 104 valence electrons. The third-order valence-electron chi connectivity index (χ3n) is 2.29. The molecule has 0 radical (unpaired) electrons. The first-order valence-electron chi connectivity index (χ1n) is 6.07. The Bertz CT molecular complexity index is 289. The number of aliphatic hydroxyl groups excluding tert-OH is 1. The third-order valence-corrected chi connectivity index (χ3v) is 3.21. The fourth-order valence-corrected chi connectivity index (χ4v) is 2.73. The molecule has 0 atom stereocenters.